The zero-order valence-corrected chi connectivity index (χ0v) is 13.5. The molecular weight excluding hydrogens is 276 g/mol. The average molecular weight is 298 g/mol. The van der Waals surface area contributed by atoms with Crippen molar-refractivity contribution in [1.29, 1.82) is 0 Å². The Morgan fingerprint density at radius 1 is 1.29 bits per heavy atom. The second-order valence-corrected chi connectivity index (χ2v) is 6.85. The van der Waals surface area contributed by atoms with Crippen molar-refractivity contribution in [1.82, 2.24) is 9.97 Å². The fourth-order valence-electron chi connectivity index (χ4n) is 3.20. The number of aryl methyl sites for hydroxylation is 1. The molecule has 0 amide bonds. The molecule has 1 aromatic heterocycles. The van der Waals surface area contributed by atoms with Gasteiger partial charge in [-0.1, -0.05) is 50.3 Å². The van der Waals surface area contributed by atoms with Crippen molar-refractivity contribution in [2.24, 2.45) is 5.92 Å². The van der Waals surface area contributed by atoms with Gasteiger partial charge in [-0.25, -0.2) is 4.98 Å². The largest absolute Gasteiger partial charge is 0.347 e. The number of fused-ring (bicyclic) bond motifs is 1. The van der Waals surface area contributed by atoms with Crippen molar-refractivity contribution in [2.75, 3.05) is 0 Å². The predicted octanol–water partition coefficient (Wildman–Crippen LogP) is 4.61. The molecule has 0 spiro atoms. The topological polar surface area (TPSA) is 28.7 Å². The van der Waals surface area contributed by atoms with Crippen molar-refractivity contribution < 1.29 is 0 Å². The van der Waals surface area contributed by atoms with Gasteiger partial charge in [-0.05, 0) is 48.8 Å². The number of nitrogens with one attached hydrogen (secondary N) is 1. The van der Waals surface area contributed by atoms with Gasteiger partial charge in [0.05, 0.1) is 0 Å². The normalized spacial score (nSPS) is 17.8. The summed E-state index contributed by atoms with van der Waals surface area (Å²) >= 11 is 5.36. The molecule has 0 bridgehead atoms. The van der Waals surface area contributed by atoms with E-state index < -0.39 is 0 Å². The SMILES string of the molecule is CC(C)Cc1cc(=S)nc(C2CCc3ccccc3C2)[nH]1. The first kappa shape index (κ1) is 14.5. The number of aromatic amines is 1. The monoisotopic (exact) mass is 298 g/mol. The van der Waals surface area contributed by atoms with Gasteiger partial charge in [0.25, 0.3) is 0 Å². The number of aromatic nitrogens is 2. The maximum Gasteiger partial charge on any atom is 0.129 e. The number of rotatable bonds is 3. The van der Waals surface area contributed by atoms with Crippen LogP contribution in [-0.2, 0) is 19.3 Å². The highest BCUT2D eigenvalue weighted by molar-refractivity contribution is 7.71. The number of benzene rings is 1. The Morgan fingerprint density at radius 3 is 2.81 bits per heavy atom. The molecule has 0 radical (unpaired) electrons. The lowest BCUT2D eigenvalue weighted by Gasteiger charge is -2.24. The molecule has 0 fully saturated rings. The lowest BCUT2D eigenvalue weighted by molar-refractivity contribution is 0.546. The summed E-state index contributed by atoms with van der Waals surface area (Å²) < 4.78 is 0.721. The molecule has 3 rings (SSSR count). The molecule has 1 unspecified atom stereocenters. The van der Waals surface area contributed by atoms with E-state index in [0.29, 0.717) is 11.8 Å². The van der Waals surface area contributed by atoms with Crippen LogP contribution in [0.15, 0.2) is 30.3 Å². The minimum Gasteiger partial charge on any atom is -0.347 e. The Balaban J connectivity index is 1.88. The maximum atomic E-state index is 5.36. The zero-order chi connectivity index (χ0) is 14.8. The van der Waals surface area contributed by atoms with E-state index in [-0.39, 0.29) is 0 Å². The fraction of sp³-hybridized carbons (Fsp3) is 0.444. The molecule has 0 saturated heterocycles. The van der Waals surface area contributed by atoms with Gasteiger partial charge in [0.2, 0.25) is 0 Å². The van der Waals surface area contributed by atoms with E-state index in [1.54, 1.807) is 0 Å². The molecule has 1 aromatic carbocycles. The van der Waals surface area contributed by atoms with Gasteiger partial charge in [0, 0.05) is 11.6 Å². The van der Waals surface area contributed by atoms with Crippen molar-refractivity contribution in [3.8, 4) is 0 Å². The molecule has 110 valence electrons. The lowest BCUT2D eigenvalue weighted by Crippen LogP contribution is -2.16. The van der Waals surface area contributed by atoms with Gasteiger partial charge in [-0.2, -0.15) is 0 Å². The Bertz CT molecular complexity index is 688. The minimum atomic E-state index is 0.466. The molecule has 2 nitrogen and oxygen atoms in total. The Morgan fingerprint density at radius 2 is 2.05 bits per heavy atom. The van der Waals surface area contributed by atoms with Crippen LogP contribution in [0, 0.1) is 10.6 Å². The van der Waals surface area contributed by atoms with Crippen molar-refractivity contribution in [3.63, 3.8) is 0 Å². The summed E-state index contributed by atoms with van der Waals surface area (Å²) in [6.07, 6.45) is 4.39. The summed E-state index contributed by atoms with van der Waals surface area (Å²) in [4.78, 5) is 8.14. The van der Waals surface area contributed by atoms with Crippen LogP contribution in [0.3, 0.4) is 0 Å². The highest BCUT2D eigenvalue weighted by Crippen LogP contribution is 2.31. The second-order valence-electron chi connectivity index (χ2n) is 6.44. The quantitative estimate of drug-likeness (QED) is 0.838. The van der Waals surface area contributed by atoms with Gasteiger partial charge in [-0.3, -0.25) is 0 Å². The summed E-state index contributed by atoms with van der Waals surface area (Å²) in [6, 6.07) is 10.8. The van der Waals surface area contributed by atoms with E-state index in [9.17, 15) is 0 Å². The Labute approximate surface area is 131 Å². The van der Waals surface area contributed by atoms with Crippen LogP contribution in [0.2, 0.25) is 0 Å². The highest BCUT2D eigenvalue weighted by atomic mass is 32.1. The third-order valence-electron chi connectivity index (χ3n) is 4.18. The number of hydrogen-bond acceptors (Lipinski definition) is 2. The van der Waals surface area contributed by atoms with Crippen LogP contribution in [0.25, 0.3) is 0 Å². The van der Waals surface area contributed by atoms with E-state index in [1.807, 2.05) is 6.07 Å². The van der Waals surface area contributed by atoms with E-state index in [4.69, 9.17) is 12.2 Å². The van der Waals surface area contributed by atoms with Crippen LogP contribution in [0.1, 0.15) is 48.8 Å². The van der Waals surface area contributed by atoms with Crippen LogP contribution in [0.5, 0.6) is 0 Å². The molecule has 1 N–H and O–H groups in total. The summed E-state index contributed by atoms with van der Waals surface area (Å²) in [5.41, 5.74) is 4.17. The highest BCUT2D eigenvalue weighted by Gasteiger charge is 2.21. The molecule has 0 saturated carbocycles. The molecule has 1 heterocycles. The first-order valence-corrected chi connectivity index (χ1v) is 8.19. The van der Waals surface area contributed by atoms with Crippen molar-refractivity contribution in [2.45, 2.75) is 45.4 Å². The smallest absolute Gasteiger partial charge is 0.129 e. The summed E-state index contributed by atoms with van der Waals surface area (Å²) in [5.74, 6) is 2.17. The van der Waals surface area contributed by atoms with Gasteiger partial charge in [0.1, 0.15) is 10.5 Å². The van der Waals surface area contributed by atoms with Crippen LogP contribution < -0.4 is 0 Å². The van der Waals surface area contributed by atoms with Crippen LogP contribution in [0.4, 0.5) is 0 Å². The lowest BCUT2D eigenvalue weighted by atomic mass is 9.83. The Kier molecular flexibility index (Phi) is 4.20. The number of nitrogens with zero attached hydrogens (tertiary/aromatic N) is 1. The summed E-state index contributed by atoms with van der Waals surface area (Å²) in [5, 5.41) is 0. The number of H-pyrrole nitrogens is 1. The van der Waals surface area contributed by atoms with Crippen molar-refractivity contribution >= 4 is 12.2 Å². The first-order valence-electron chi connectivity index (χ1n) is 7.78. The van der Waals surface area contributed by atoms with E-state index >= 15 is 0 Å². The molecule has 3 heteroatoms. The van der Waals surface area contributed by atoms with Gasteiger partial charge < -0.3 is 4.98 Å². The first-order chi connectivity index (χ1) is 10.1. The molecular formula is C18H22N2S. The molecule has 0 aliphatic heterocycles. The fourth-order valence-corrected chi connectivity index (χ4v) is 3.44. The molecule has 1 aliphatic rings. The number of hydrogen-bond donors (Lipinski definition) is 1. The van der Waals surface area contributed by atoms with E-state index in [1.165, 1.54) is 16.8 Å². The third-order valence-corrected chi connectivity index (χ3v) is 4.39. The molecule has 2 aromatic rings. The third kappa shape index (κ3) is 3.41. The summed E-state index contributed by atoms with van der Waals surface area (Å²) in [7, 11) is 0. The predicted molar refractivity (Wildman–Crippen MR) is 89.2 cm³/mol. The van der Waals surface area contributed by atoms with Gasteiger partial charge in [0.15, 0.2) is 0 Å². The van der Waals surface area contributed by atoms with Gasteiger partial charge >= 0.3 is 0 Å². The standard InChI is InChI=1S/C18H22N2S/c1-12(2)9-16-11-17(21)20-18(19-16)15-8-7-13-5-3-4-6-14(13)10-15/h3-6,11-12,15H,7-10H2,1-2H3,(H,19,20,21). The van der Waals surface area contributed by atoms with Crippen LogP contribution >= 0.6 is 12.2 Å². The average Bonchev–Trinajstić information content (AvgIpc) is 2.45. The van der Waals surface area contributed by atoms with Crippen LogP contribution in [-0.4, -0.2) is 9.97 Å². The molecule has 1 atom stereocenters. The van der Waals surface area contributed by atoms with E-state index in [0.717, 1.165) is 36.1 Å². The Hall–Kier alpha value is -1.48. The second kappa shape index (κ2) is 6.10. The van der Waals surface area contributed by atoms with Gasteiger partial charge in [-0.15, -0.1) is 0 Å². The zero-order valence-electron chi connectivity index (χ0n) is 12.7. The van der Waals surface area contributed by atoms with Crippen molar-refractivity contribution in [3.05, 3.63) is 57.6 Å². The molecule has 1 aliphatic carbocycles. The maximum absolute atomic E-state index is 5.36. The van der Waals surface area contributed by atoms with E-state index in [2.05, 4.69) is 48.1 Å². The summed E-state index contributed by atoms with van der Waals surface area (Å²) in [6.45, 7) is 4.46. The molecule has 21 heavy (non-hydrogen) atoms. The minimum absolute atomic E-state index is 0.466.